The molecular weight excluding hydrogens is 170 g/mol. The highest BCUT2D eigenvalue weighted by Crippen LogP contribution is 2.00. The molecule has 3 N–H and O–H groups in total. The number of amides is 1. The van der Waals surface area contributed by atoms with Gasteiger partial charge in [-0.05, 0) is 5.92 Å². The molecule has 0 radical (unpaired) electrons. The zero-order chi connectivity index (χ0) is 9.68. The van der Waals surface area contributed by atoms with E-state index in [4.69, 9.17) is 10.8 Å². The van der Waals surface area contributed by atoms with Crippen molar-refractivity contribution < 1.29 is 9.90 Å². The molecule has 0 unspecified atom stereocenters. The summed E-state index contributed by atoms with van der Waals surface area (Å²) in [6.45, 7) is 0. The van der Waals surface area contributed by atoms with Crippen molar-refractivity contribution >= 4 is 5.91 Å². The lowest BCUT2D eigenvalue weighted by Gasteiger charge is -1.88. The van der Waals surface area contributed by atoms with E-state index in [2.05, 4.69) is 21.8 Å². The van der Waals surface area contributed by atoms with Crippen LogP contribution in [0.5, 0.6) is 5.75 Å². The Bertz CT molecular complexity index is 361. The molecule has 0 bridgehead atoms. The van der Waals surface area contributed by atoms with Crippen LogP contribution < -0.4 is 5.73 Å². The van der Waals surface area contributed by atoms with E-state index >= 15 is 0 Å². The molecule has 0 aliphatic carbocycles. The highest BCUT2D eigenvalue weighted by Gasteiger charge is 1.91. The van der Waals surface area contributed by atoms with E-state index in [1.54, 1.807) is 0 Å². The maximum Gasteiger partial charge on any atom is 0.229 e. The smallest absolute Gasteiger partial charge is 0.229 e. The predicted molar refractivity (Wildman–Crippen MR) is 44.4 cm³/mol. The van der Waals surface area contributed by atoms with Crippen molar-refractivity contribution in [3.05, 3.63) is 18.2 Å². The predicted octanol–water partition coefficient (Wildman–Crippen LogP) is -0.591. The number of aromatic hydroxyl groups is 1. The van der Waals surface area contributed by atoms with Crippen LogP contribution in [-0.4, -0.2) is 21.0 Å². The number of hydrogen-bond donors (Lipinski definition) is 2. The molecule has 66 valence electrons. The van der Waals surface area contributed by atoms with Gasteiger partial charge in [0.15, 0.2) is 5.75 Å². The van der Waals surface area contributed by atoms with Crippen molar-refractivity contribution in [1.82, 2.24) is 9.97 Å². The van der Waals surface area contributed by atoms with Crippen molar-refractivity contribution in [2.75, 3.05) is 0 Å². The molecule has 1 aromatic rings. The molecule has 1 amide bonds. The lowest BCUT2D eigenvalue weighted by atomic mass is 10.4. The Morgan fingerprint density at radius 3 is 2.69 bits per heavy atom. The summed E-state index contributed by atoms with van der Waals surface area (Å²) >= 11 is 0. The summed E-state index contributed by atoms with van der Waals surface area (Å²) in [5, 5.41) is 8.82. The molecule has 0 aromatic carbocycles. The summed E-state index contributed by atoms with van der Waals surface area (Å²) in [5.74, 6) is 4.74. The molecule has 0 saturated heterocycles. The Kier molecular flexibility index (Phi) is 2.82. The third-order valence-corrected chi connectivity index (χ3v) is 1.10. The standard InChI is InChI=1S/C8H7N3O2/c9-7(13)2-1-3-8-10-4-6(12)5-11-8/h4-5,12H,2H2,(H2,9,13). The number of carbonyl (C=O) groups is 1. The van der Waals surface area contributed by atoms with Gasteiger partial charge in [0, 0.05) is 0 Å². The first kappa shape index (κ1) is 9.00. The van der Waals surface area contributed by atoms with Crippen LogP contribution in [-0.2, 0) is 4.79 Å². The largest absolute Gasteiger partial charge is 0.505 e. The highest BCUT2D eigenvalue weighted by atomic mass is 16.3. The first-order valence-corrected chi connectivity index (χ1v) is 3.46. The summed E-state index contributed by atoms with van der Waals surface area (Å²) in [5.41, 5.74) is 4.86. The van der Waals surface area contributed by atoms with Gasteiger partial charge in [-0.15, -0.1) is 0 Å². The topological polar surface area (TPSA) is 89.1 Å². The molecule has 0 aliphatic rings. The van der Waals surface area contributed by atoms with Crippen LogP contribution in [0.15, 0.2) is 12.4 Å². The average Bonchev–Trinajstić information content (AvgIpc) is 2.08. The minimum atomic E-state index is -0.494. The van der Waals surface area contributed by atoms with Crippen molar-refractivity contribution in [2.45, 2.75) is 6.42 Å². The van der Waals surface area contributed by atoms with E-state index in [-0.39, 0.29) is 18.0 Å². The number of rotatable bonds is 1. The number of primary amides is 1. The van der Waals surface area contributed by atoms with Gasteiger partial charge in [-0.3, -0.25) is 4.79 Å². The molecule has 0 atom stereocenters. The molecule has 1 aromatic heterocycles. The van der Waals surface area contributed by atoms with Gasteiger partial charge in [0.25, 0.3) is 0 Å². The molecule has 0 aliphatic heterocycles. The Balaban J connectivity index is 2.67. The Hall–Kier alpha value is -2.09. The van der Waals surface area contributed by atoms with Crippen LogP contribution >= 0.6 is 0 Å². The van der Waals surface area contributed by atoms with E-state index < -0.39 is 5.91 Å². The van der Waals surface area contributed by atoms with Gasteiger partial charge in [0.05, 0.1) is 18.8 Å². The van der Waals surface area contributed by atoms with Gasteiger partial charge in [-0.25, -0.2) is 9.97 Å². The second-order valence-corrected chi connectivity index (χ2v) is 2.21. The van der Waals surface area contributed by atoms with E-state index in [1.165, 1.54) is 12.4 Å². The number of nitrogens with zero attached hydrogens (tertiary/aromatic N) is 2. The Morgan fingerprint density at radius 2 is 2.15 bits per heavy atom. The van der Waals surface area contributed by atoms with E-state index in [0.717, 1.165) is 0 Å². The van der Waals surface area contributed by atoms with Crippen molar-refractivity contribution in [3.63, 3.8) is 0 Å². The fourth-order valence-electron chi connectivity index (χ4n) is 0.596. The molecule has 0 spiro atoms. The van der Waals surface area contributed by atoms with Crippen LogP contribution in [0.2, 0.25) is 0 Å². The van der Waals surface area contributed by atoms with Gasteiger partial charge in [0.1, 0.15) is 0 Å². The number of carbonyl (C=O) groups excluding carboxylic acids is 1. The summed E-state index contributed by atoms with van der Waals surface area (Å²) in [6.07, 6.45) is 2.42. The fourth-order valence-corrected chi connectivity index (χ4v) is 0.596. The highest BCUT2D eigenvalue weighted by molar-refractivity contribution is 5.76. The van der Waals surface area contributed by atoms with Crippen molar-refractivity contribution in [1.29, 1.82) is 0 Å². The normalized spacial score (nSPS) is 8.62. The maximum atomic E-state index is 10.3. The quantitative estimate of drug-likeness (QED) is 0.561. The summed E-state index contributed by atoms with van der Waals surface area (Å²) in [4.78, 5) is 17.7. The minimum Gasteiger partial charge on any atom is -0.505 e. The summed E-state index contributed by atoms with van der Waals surface area (Å²) in [7, 11) is 0. The zero-order valence-corrected chi connectivity index (χ0v) is 6.69. The minimum absolute atomic E-state index is 0.0236. The van der Waals surface area contributed by atoms with Crippen LogP contribution in [0.1, 0.15) is 12.2 Å². The molecule has 1 heterocycles. The first-order chi connectivity index (χ1) is 6.18. The molecule has 0 saturated carbocycles. The van der Waals surface area contributed by atoms with Crippen LogP contribution in [0.3, 0.4) is 0 Å². The molecular formula is C8H7N3O2. The van der Waals surface area contributed by atoms with Gasteiger partial charge < -0.3 is 10.8 Å². The third-order valence-electron chi connectivity index (χ3n) is 1.10. The SMILES string of the molecule is NC(=O)CC#Cc1ncc(O)cn1. The second-order valence-electron chi connectivity index (χ2n) is 2.21. The van der Waals surface area contributed by atoms with Gasteiger partial charge >= 0.3 is 0 Å². The molecule has 5 nitrogen and oxygen atoms in total. The summed E-state index contributed by atoms with van der Waals surface area (Å²) < 4.78 is 0. The van der Waals surface area contributed by atoms with Crippen molar-refractivity contribution in [2.24, 2.45) is 5.73 Å². The summed E-state index contributed by atoms with van der Waals surface area (Å²) in [6, 6.07) is 0. The Morgan fingerprint density at radius 1 is 1.54 bits per heavy atom. The lowest BCUT2D eigenvalue weighted by Crippen LogP contribution is -2.08. The lowest BCUT2D eigenvalue weighted by molar-refractivity contribution is -0.117. The number of nitrogens with two attached hydrogens (primary N) is 1. The molecule has 0 fully saturated rings. The monoisotopic (exact) mass is 177 g/mol. The second kappa shape index (κ2) is 4.07. The zero-order valence-electron chi connectivity index (χ0n) is 6.69. The van der Waals surface area contributed by atoms with Gasteiger partial charge in [-0.1, -0.05) is 5.92 Å². The average molecular weight is 177 g/mol. The van der Waals surface area contributed by atoms with Crippen LogP contribution in [0.25, 0.3) is 0 Å². The van der Waals surface area contributed by atoms with Crippen molar-refractivity contribution in [3.8, 4) is 17.6 Å². The van der Waals surface area contributed by atoms with Gasteiger partial charge in [0.2, 0.25) is 11.7 Å². The fraction of sp³-hybridized carbons (Fsp3) is 0.125. The van der Waals surface area contributed by atoms with Crippen LogP contribution in [0, 0.1) is 11.8 Å². The third kappa shape index (κ3) is 3.20. The van der Waals surface area contributed by atoms with E-state index in [0.29, 0.717) is 0 Å². The maximum absolute atomic E-state index is 10.3. The van der Waals surface area contributed by atoms with E-state index in [9.17, 15) is 4.79 Å². The number of hydrogen-bond acceptors (Lipinski definition) is 4. The molecule has 1 rings (SSSR count). The Labute approximate surface area is 74.6 Å². The molecule has 5 heteroatoms. The molecule has 13 heavy (non-hydrogen) atoms. The van der Waals surface area contributed by atoms with Gasteiger partial charge in [-0.2, -0.15) is 0 Å². The number of aromatic nitrogens is 2. The first-order valence-electron chi connectivity index (χ1n) is 3.46. The van der Waals surface area contributed by atoms with E-state index in [1.807, 2.05) is 0 Å². The van der Waals surface area contributed by atoms with Crippen LogP contribution in [0.4, 0.5) is 0 Å².